The third kappa shape index (κ3) is 3.98. The van der Waals surface area contributed by atoms with E-state index in [1.165, 1.54) is 0 Å². The Morgan fingerprint density at radius 2 is 1.77 bits per heavy atom. The molecule has 2 saturated heterocycles. The van der Waals surface area contributed by atoms with E-state index in [4.69, 9.17) is 0 Å². The van der Waals surface area contributed by atoms with Gasteiger partial charge in [0.1, 0.15) is 12.1 Å². The predicted molar refractivity (Wildman–Crippen MR) is 139 cm³/mol. The molecule has 10 heteroatoms. The van der Waals surface area contributed by atoms with Crippen LogP contribution in [0.1, 0.15) is 43.2 Å². The van der Waals surface area contributed by atoms with Gasteiger partial charge < -0.3 is 20.6 Å². The van der Waals surface area contributed by atoms with Crippen LogP contribution >= 0.6 is 0 Å². The Hall–Kier alpha value is -3.84. The fraction of sp³-hybridized carbons (Fsp3) is 0.467. The maximum Gasteiger partial charge on any atom is 0.264 e. The van der Waals surface area contributed by atoms with Gasteiger partial charge >= 0.3 is 0 Å². The van der Waals surface area contributed by atoms with Crippen molar-refractivity contribution in [2.45, 2.75) is 55.7 Å². The molecule has 0 aromatic heterocycles. The average molecular weight is 549 g/mol. The van der Waals surface area contributed by atoms with Gasteiger partial charge in [-0.3, -0.25) is 14.4 Å². The van der Waals surface area contributed by atoms with Crippen LogP contribution in [-0.4, -0.2) is 58.8 Å². The number of aliphatic hydroxyl groups is 1. The molecule has 2 heterocycles. The van der Waals surface area contributed by atoms with Gasteiger partial charge in [-0.05, 0) is 42.7 Å². The summed E-state index contributed by atoms with van der Waals surface area (Å²) in [6, 6.07) is 13.5. The molecule has 8 nitrogen and oxygen atoms in total. The van der Waals surface area contributed by atoms with Crippen molar-refractivity contribution in [2.24, 2.45) is 17.8 Å². The fourth-order valence-corrected chi connectivity index (χ4v) is 7.20. The monoisotopic (exact) mass is 548 g/mol. The predicted octanol–water partition coefficient (Wildman–Crippen LogP) is 2.70. The highest BCUT2D eigenvalue weighted by atomic mass is 19.3. The molecular formula is C30H30F2N4O4. The second-order valence-corrected chi connectivity index (χ2v) is 11.3. The molecule has 3 fully saturated rings. The van der Waals surface area contributed by atoms with Gasteiger partial charge in [0.2, 0.25) is 11.8 Å². The number of nitriles is 1. The van der Waals surface area contributed by atoms with E-state index in [0.29, 0.717) is 35.2 Å². The van der Waals surface area contributed by atoms with Gasteiger partial charge in [0.15, 0.2) is 5.60 Å². The molecule has 2 aliphatic heterocycles. The number of benzene rings is 2. The molecule has 208 valence electrons. The minimum Gasteiger partial charge on any atom is -0.372 e. The topological polar surface area (TPSA) is 123 Å². The van der Waals surface area contributed by atoms with Crippen LogP contribution in [0.3, 0.4) is 0 Å². The van der Waals surface area contributed by atoms with Crippen molar-refractivity contribution in [1.82, 2.24) is 15.5 Å². The van der Waals surface area contributed by atoms with E-state index in [1.807, 2.05) is 6.07 Å². The summed E-state index contributed by atoms with van der Waals surface area (Å²) < 4.78 is 30.0. The van der Waals surface area contributed by atoms with Crippen LogP contribution in [0.5, 0.6) is 0 Å². The molecule has 0 bridgehead atoms. The number of fused-ring (bicyclic) bond motifs is 4. The van der Waals surface area contributed by atoms with Crippen molar-refractivity contribution < 1.29 is 28.3 Å². The number of rotatable bonds is 5. The third-order valence-electron chi connectivity index (χ3n) is 9.16. The average Bonchev–Trinajstić information content (AvgIpc) is 3.58. The number of carbonyl (C=O) groups is 3. The van der Waals surface area contributed by atoms with E-state index in [9.17, 15) is 33.5 Å². The first kappa shape index (κ1) is 26.4. The van der Waals surface area contributed by atoms with Gasteiger partial charge in [-0.1, -0.05) is 48.5 Å². The van der Waals surface area contributed by atoms with Gasteiger partial charge in [-0.25, -0.2) is 8.78 Å². The fourth-order valence-electron chi connectivity index (χ4n) is 7.20. The van der Waals surface area contributed by atoms with Gasteiger partial charge in [-0.2, -0.15) is 5.26 Å². The highest BCUT2D eigenvalue weighted by molar-refractivity contribution is 6.01. The molecule has 2 aromatic rings. The zero-order chi connectivity index (χ0) is 28.2. The van der Waals surface area contributed by atoms with Crippen LogP contribution in [0, 0.1) is 29.1 Å². The van der Waals surface area contributed by atoms with Gasteiger partial charge in [0, 0.05) is 42.5 Å². The lowest BCUT2D eigenvalue weighted by atomic mass is 9.88. The van der Waals surface area contributed by atoms with Crippen molar-refractivity contribution >= 4 is 17.7 Å². The van der Waals surface area contributed by atoms with E-state index < -0.39 is 59.6 Å². The Balaban J connectivity index is 1.33. The van der Waals surface area contributed by atoms with Crippen LogP contribution in [0.4, 0.5) is 8.78 Å². The van der Waals surface area contributed by atoms with Crippen LogP contribution in [0.15, 0.2) is 48.5 Å². The highest BCUT2D eigenvalue weighted by Crippen LogP contribution is 2.54. The summed E-state index contributed by atoms with van der Waals surface area (Å²) in [4.78, 5) is 41.4. The first-order valence-corrected chi connectivity index (χ1v) is 13.7. The van der Waals surface area contributed by atoms with E-state index in [0.717, 1.165) is 11.3 Å². The maximum atomic E-state index is 15.0. The van der Waals surface area contributed by atoms with E-state index in [1.54, 1.807) is 48.5 Å². The van der Waals surface area contributed by atoms with Crippen LogP contribution in [0.2, 0.25) is 0 Å². The Kier molecular flexibility index (Phi) is 6.37. The normalized spacial score (nSPS) is 28.1. The number of alkyl halides is 2. The summed E-state index contributed by atoms with van der Waals surface area (Å²) in [7, 11) is 0. The number of amides is 3. The molecule has 3 amide bonds. The molecule has 2 aliphatic carbocycles. The molecule has 1 saturated carbocycles. The Bertz CT molecular complexity index is 1380. The summed E-state index contributed by atoms with van der Waals surface area (Å²) >= 11 is 0. The van der Waals surface area contributed by atoms with E-state index in [2.05, 4.69) is 10.6 Å². The Morgan fingerprint density at radius 1 is 1.12 bits per heavy atom. The summed E-state index contributed by atoms with van der Waals surface area (Å²) in [5.41, 5.74) is -0.163. The molecule has 0 radical (unpaired) electrons. The summed E-state index contributed by atoms with van der Waals surface area (Å²) in [6.45, 7) is 0.175. The Labute approximate surface area is 230 Å². The highest BCUT2D eigenvalue weighted by Gasteiger charge is 2.63. The molecule has 40 heavy (non-hydrogen) atoms. The number of nitrogens with zero attached hydrogens (tertiary/aromatic N) is 2. The zero-order valence-electron chi connectivity index (χ0n) is 21.8. The lowest BCUT2D eigenvalue weighted by molar-refractivity contribution is -0.153. The molecule has 3 N–H and O–H groups in total. The lowest BCUT2D eigenvalue weighted by Crippen LogP contribution is -2.56. The van der Waals surface area contributed by atoms with Gasteiger partial charge in [-0.15, -0.1) is 0 Å². The number of nitrogens with one attached hydrogen (secondary N) is 2. The Morgan fingerprint density at radius 3 is 2.40 bits per heavy atom. The lowest BCUT2D eigenvalue weighted by Gasteiger charge is -2.34. The molecule has 0 unspecified atom stereocenters. The zero-order valence-corrected chi connectivity index (χ0v) is 21.8. The number of carbonyl (C=O) groups excluding carboxylic acids is 3. The first-order valence-electron chi connectivity index (χ1n) is 13.7. The van der Waals surface area contributed by atoms with Crippen LogP contribution in [0.25, 0.3) is 11.1 Å². The molecule has 0 spiro atoms. The van der Waals surface area contributed by atoms with Crippen molar-refractivity contribution in [1.29, 1.82) is 5.26 Å². The van der Waals surface area contributed by atoms with Gasteiger partial charge in [0.25, 0.3) is 11.8 Å². The van der Waals surface area contributed by atoms with Crippen LogP contribution < -0.4 is 10.6 Å². The second-order valence-electron chi connectivity index (χ2n) is 11.3. The minimum absolute atomic E-state index is 0.0351. The third-order valence-corrected chi connectivity index (χ3v) is 9.16. The number of halogens is 2. The SMILES string of the molecule is N#C[C@@H](C[C@@H]1CCCNC1=O)NC(=O)[C@H]1[C@@H]2CCC(F)(F)[C@@H]2CN1C(=O)C1(O)c2ccccc2-c2ccccc21. The summed E-state index contributed by atoms with van der Waals surface area (Å²) in [5.74, 6) is -7.33. The number of likely N-dealkylation sites (tertiary alicyclic amines) is 1. The number of hydrogen-bond donors (Lipinski definition) is 3. The van der Waals surface area contributed by atoms with E-state index in [-0.39, 0.29) is 25.3 Å². The van der Waals surface area contributed by atoms with Crippen molar-refractivity contribution in [3.05, 3.63) is 59.7 Å². The van der Waals surface area contributed by atoms with Crippen LogP contribution in [-0.2, 0) is 20.0 Å². The summed E-state index contributed by atoms with van der Waals surface area (Å²) in [5, 5.41) is 27.3. The standard InChI is InChI=1S/C30H30F2N4O4/c31-29(32)12-11-21-24(29)16-36(25(21)27(38)35-18(15-33)14-17-6-5-13-34-26(17)37)28(39)30(40)22-9-3-1-7-19(22)20-8-2-4-10-23(20)30/h1-4,7-10,17-18,21,24-25,40H,5-6,11-14,16H2,(H,34,37)(H,35,38)/t17-,18+,21+,24+,25+/m0/s1. The second kappa shape index (κ2) is 9.66. The van der Waals surface area contributed by atoms with Crippen molar-refractivity contribution in [3.63, 3.8) is 0 Å². The molecule has 2 aromatic carbocycles. The van der Waals surface area contributed by atoms with Crippen molar-refractivity contribution in [3.8, 4) is 17.2 Å². The van der Waals surface area contributed by atoms with Gasteiger partial charge in [0.05, 0.1) is 6.07 Å². The molecular weight excluding hydrogens is 518 g/mol. The number of hydrogen-bond acceptors (Lipinski definition) is 5. The first-order chi connectivity index (χ1) is 19.2. The molecule has 4 aliphatic rings. The smallest absolute Gasteiger partial charge is 0.264 e. The molecule has 6 rings (SSSR count). The number of piperidine rings is 1. The van der Waals surface area contributed by atoms with Crippen molar-refractivity contribution in [2.75, 3.05) is 13.1 Å². The maximum absolute atomic E-state index is 15.0. The minimum atomic E-state index is -3.07. The summed E-state index contributed by atoms with van der Waals surface area (Å²) in [6.07, 6.45) is 1.07. The quantitative estimate of drug-likeness (QED) is 0.531. The van der Waals surface area contributed by atoms with E-state index >= 15 is 0 Å². The largest absolute Gasteiger partial charge is 0.372 e. The molecule has 5 atom stereocenters.